The molecule has 2 rings (SSSR count). The third-order valence-electron chi connectivity index (χ3n) is 2.44. The standard InChI is InChI=1S/C10H13N3O/c1-12-9-4-6-2-3-10(14)13-8(6)5-7(9)11/h4-5,12H,2-3,11H2,1H3,(H,13,14). The van der Waals surface area contributed by atoms with Crippen molar-refractivity contribution in [2.45, 2.75) is 12.8 Å². The quantitative estimate of drug-likeness (QED) is 0.584. The number of hydrogen-bond acceptors (Lipinski definition) is 3. The van der Waals surface area contributed by atoms with Crippen molar-refractivity contribution < 1.29 is 4.79 Å². The molecule has 0 atom stereocenters. The lowest BCUT2D eigenvalue weighted by Gasteiger charge is -2.18. The van der Waals surface area contributed by atoms with E-state index in [4.69, 9.17) is 5.73 Å². The number of amides is 1. The van der Waals surface area contributed by atoms with Crippen LogP contribution >= 0.6 is 0 Å². The van der Waals surface area contributed by atoms with Gasteiger partial charge in [0.2, 0.25) is 5.91 Å². The summed E-state index contributed by atoms with van der Waals surface area (Å²) in [5.41, 5.74) is 9.35. The van der Waals surface area contributed by atoms with Gasteiger partial charge < -0.3 is 16.4 Å². The first-order chi connectivity index (χ1) is 6.70. The molecule has 74 valence electrons. The molecule has 0 bridgehead atoms. The molecule has 14 heavy (non-hydrogen) atoms. The fourth-order valence-corrected chi connectivity index (χ4v) is 1.66. The summed E-state index contributed by atoms with van der Waals surface area (Å²) in [5, 5.41) is 5.82. The van der Waals surface area contributed by atoms with E-state index < -0.39 is 0 Å². The zero-order chi connectivity index (χ0) is 10.1. The van der Waals surface area contributed by atoms with Gasteiger partial charge in [-0.05, 0) is 24.1 Å². The van der Waals surface area contributed by atoms with Gasteiger partial charge in [-0.3, -0.25) is 4.79 Å². The van der Waals surface area contributed by atoms with E-state index in [-0.39, 0.29) is 5.91 Å². The molecule has 0 aromatic heterocycles. The van der Waals surface area contributed by atoms with Gasteiger partial charge in [0.15, 0.2) is 0 Å². The maximum absolute atomic E-state index is 11.1. The number of carbonyl (C=O) groups is 1. The van der Waals surface area contributed by atoms with Crippen molar-refractivity contribution in [2.75, 3.05) is 23.4 Å². The van der Waals surface area contributed by atoms with Crippen LogP contribution in [0.3, 0.4) is 0 Å². The topological polar surface area (TPSA) is 67.2 Å². The minimum Gasteiger partial charge on any atom is -0.397 e. The fraction of sp³-hybridized carbons (Fsp3) is 0.300. The zero-order valence-electron chi connectivity index (χ0n) is 8.05. The lowest BCUT2D eigenvalue weighted by Crippen LogP contribution is -2.19. The number of benzene rings is 1. The Balaban J connectivity index is 2.45. The summed E-state index contributed by atoms with van der Waals surface area (Å²) in [6, 6.07) is 3.79. The molecule has 1 amide bonds. The second kappa shape index (κ2) is 3.21. The maximum atomic E-state index is 11.1. The van der Waals surface area contributed by atoms with Crippen LogP contribution in [0.2, 0.25) is 0 Å². The summed E-state index contributed by atoms with van der Waals surface area (Å²) in [6.07, 6.45) is 1.34. The van der Waals surface area contributed by atoms with Crippen molar-refractivity contribution in [2.24, 2.45) is 0 Å². The van der Waals surface area contributed by atoms with E-state index in [1.165, 1.54) is 0 Å². The van der Waals surface area contributed by atoms with Gasteiger partial charge in [-0.2, -0.15) is 0 Å². The van der Waals surface area contributed by atoms with E-state index in [9.17, 15) is 4.79 Å². The monoisotopic (exact) mass is 191 g/mol. The molecule has 0 unspecified atom stereocenters. The van der Waals surface area contributed by atoms with E-state index in [1.54, 1.807) is 6.07 Å². The number of nitrogens with two attached hydrogens (primary N) is 1. The number of carbonyl (C=O) groups excluding carboxylic acids is 1. The largest absolute Gasteiger partial charge is 0.397 e. The zero-order valence-corrected chi connectivity index (χ0v) is 8.05. The molecule has 0 spiro atoms. The van der Waals surface area contributed by atoms with Crippen LogP contribution in [0.1, 0.15) is 12.0 Å². The van der Waals surface area contributed by atoms with Crippen LogP contribution in [0.4, 0.5) is 17.1 Å². The predicted molar refractivity (Wildman–Crippen MR) is 57.4 cm³/mol. The first kappa shape index (κ1) is 8.87. The molecule has 1 heterocycles. The van der Waals surface area contributed by atoms with Crippen LogP contribution in [-0.4, -0.2) is 13.0 Å². The molecule has 4 nitrogen and oxygen atoms in total. The smallest absolute Gasteiger partial charge is 0.224 e. The van der Waals surface area contributed by atoms with Crippen molar-refractivity contribution in [3.8, 4) is 0 Å². The molecule has 4 heteroatoms. The molecule has 0 radical (unpaired) electrons. The second-order valence-corrected chi connectivity index (χ2v) is 3.39. The molecule has 1 aliphatic heterocycles. The molecular formula is C10H13N3O. The van der Waals surface area contributed by atoms with Gasteiger partial charge in [0.25, 0.3) is 0 Å². The van der Waals surface area contributed by atoms with Gasteiger partial charge >= 0.3 is 0 Å². The minimum atomic E-state index is 0.0640. The highest BCUT2D eigenvalue weighted by atomic mass is 16.1. The van der Waals surface area contributed by atoms with E-state index in [0.29, 0.717) is 12.1 Å². The summed E-state index contributed by atoms with van der Waals surface area (Å²) in [4.78, 5) is 11.1. The average molecular weight is 191 g/mol. The van der Waals surface area contributed by atoms with Crippen molar-refractivity contribution in [1.82, 2.24) is 0 Å². The Morgan fingerprint density at radius 1 is 1.43 bits per heavy atom. The Labute approximate surface area is 82.5 Å². The number of hydrogen-bond donors (Lipinski definition) is 3. The van der Waals surface area contributed by atoms with Gasteiger partial charge in [0, 0.05) is 19.2 Å². The third kappa shape index (κ3) is 1.39. The lowest BCUT2D eigenvalue weighted by atomic mass is 10.0. The fourth-order valence-electron chi connectivity index (χ4n) is 1.66. The van der Waals surface area contributed by atoms with Crippen molar-refractivity contribution in [3.63, 3.8) is 0 Å². The summed E-state index contributed by atoms with van der Waals surface area (Å²) < 4.78 is 0. The van der Waals surface area contributed by atoms with E-state index >= 15 is 0 Å². The maximum Gasteiger partial charge on any atom is 0.224 e. The van der Waals surface area contributed by atoms with E-state index in [0.717, 1.165) is 23.4 Å². The number of fused-ring (bicyclic) bond motifs is 1. The molecule has 0 fully saturated rings. The average Bonchev–Trinajstić information content (AvgIpc) is 2.16. The lowest BCUT2D eigenvalue weighted by molar-refractivity contribution is -0.116. The Hall–Kier alpha value is -1.71. The normalized spacial score (nSPS) is 14.5. The molecule has 0 saturated carbocycles. The second-order valence-electron chi connectivity index (χ2n) is 3.39. The van der Waals surface area contributed by atoms with Gasteiger partial charge in [-0.25, -0.2) is 0 Å². The van der Waals surface area contributed by atoms with Gasteiger partial charge in [-0.15, -0.1) is 0 Å². The summed E-state index contributed by atoms with van der Waals surface area (Å²) in [7, 11) is 1.83. The van der Waals surface area contributed by atoms with E-state index in [1.807, 2.05) is 13.1 Å². The van der Waals surface area contributed by atoms with Crippen molar-refractivity contribution in [3.05, 3.63) is 17.7 Å². The molecule has 0 saturated heterocycles. The van der Waals surface area contributed by atoms with Crippen LogP contribution in [0, 0.1) is 0 Å². The SMILES string of the molecule is CNc1cc2c(cc1N)NC(=O)CC2. The van der Waals surface area contributed by atoms with Crippen molar-refractivity contribution in [1.29, 1.82) is 0 Å². The first-order valence-electron chi connectivity index (χ1n) is 4.60. The first-order valence-corrected chi connectivity index (χ1v) is 4.60. The highest BCUT2D eigenvalue weighted by molar-refractivity contribution is 5.95. The third-order valence-corrected chi connectivity index (χ3v) is 2.44. The summed E-state index contributed by atoms with van der Waals surface area (Å²) in [5.74, 6) is 0.0640. The predicted octanol–water partition coefficient (Wildman–Crippen LogP) is 1.20. The number of nitrogen functional groups attached to an aromatic ring is 1. The number of aryl methyl sites for hydroxylation is 1. The highest BCUT2D eigenvalue weighted by Gasteiger charge is 2.15. The number of nitrogens with one attached hydrogen (secondary N) is 2. The minimum absolute atomic E-state index is 0.0640. The Bertz CT molecular complexity index is 387. The molecule has 4 N–H and O–H groups in total. The van der Waals surface area contributed by atoms with Gasteiger partial charge in [0.1, 0.15) is 0 Å². The Morgan fingerprint density at radius 2 is 2.21 bits per heavy atom. The van der Waals surface area contributed by atoms with Crippen molar-refractivity contribution >= 4 is 23.0 Å². The molecule has 1 aromatic rings. The molecule has 0 aliphatic carbocycles. The van der Waals surface area contributed by atoms with E-state index in [2.05, 4.69) is 10.6 Å². The van der Waals surface area contributed by atoms with Crippen LogP contribution in [0.15, 0.2) is 12.1 Å². The number of anilines is 3. The van der Waals surface area contributed by atoms with Crippen LogP contribution < -0.4 is 16.4 Å². The Kier molecular flexibility index (Phi) is 2.04. The number of rotatable bonds is 1. The highest BCUT2D eigenvalue weighted by Crippen LogP contribution is 2.30. The molecule has 1 aromatic carbocycles. The van der Waals surface area contributed by atoms with Crippen LogP contribution in [0.25, 0.3) is 0 Å². The Morgan fingerprint density at radius 3 is 2.93 bits per heavy atom. The van der Waals surface area contributed by atoms with Crippen LogP contribution in [0.5, 0.6) is 0 Å². The van der Waals surface area contributed by atoms with Crippen LogP contribution in [-0.2, 0) is 11.2 Å². The van der Waals surface area contributed by atoms with Gasteiger partial charge in [-0.1, -0.05) is 0 Å². The summed E-state index contributed by atoms with van der Waals surface area (Å²) >= 11 is 0. The van der Waals surface area contributed by atoms with Gasteiger partial charge in [0.05, 0.1) is 11.4 Å². The molecular weight excluding hydrogens is 178 g/mol. The molecule has 1 aliphatic rings. The summed E-state index contributed by atoms with van der Waals surface area (Å²) in [6.45, 7) is 0.